The van der Waals surface area contributed by atoms with Crippen LogP contribution in [0.1, 0.15) is 28.7 Å². The Balaban J connectivity index is 1.13. The quantitative estimate of drug-likeness (QED) is 0.107. The van der Waals surface area contributed by atoms with Crippen molar-refractivity contribution in [3.8, 4) is 23.3 Å². The highest BCUT2D eigenvalue weighted by atomic mass is 16.5. The van der Waals surface area contributed by atoms with Crippen molar-refractivity contribution < 1.29 is 23.4 Å². The lowest BCUT2D eigenvalue weighted by Gasteiger charge is -2.47. The summed E-state index contributed by atoms with van der Waals surface area (Å²) in [6.45, 7) is 0. The van der Waals surface area contributed by atoms with Crippen LogP contribution in [0.4, 0.5) is 5.69 Å². The summed E-state index contributed by atoms with van der Waals surface area (Å²) >= 11 is 0. The molecular weight excluding hydrogens is 654 g/mol. The minimum absolute atomic E-state index is 0.0834. The fourth-order valence-corrected chi connectivity index (χ4v) is 7.54. The molecule has 0 spiro atoms. The Morgan fingerprint density at radius 3 is 2.02 bits per heavy atom. The van der Waals surface area contributed by atoms with Gasteiger partial charge in [-0.15, -0.1) is 0 Å². The number of rotatable bonds is 6. The summed E-state index contributed by atoms with van der Waals surface area (Å²) in [5.41, 5.74) is 8.59. The van der Waals surface area contributed by atoms with Crippen LogP contribution in [0.2, 0.25) is 0 Å². The predicted molar refractivity (Wildman–Crippen MR) is 197 cm³/mol. The molecule has 252 valence electrons. The molecule has 2 aliphatic rings. The van der Waals surface area contributed by atoms with Crippen molar-refractivity contribution in [2.45, 2.75) is 18.1 Å². The highest BCUT2D eigenvalue weighted by Gasteiger charge is 2.52. The Bertz CT molecular complexity index is 2660. The molecule has 3 heterocycles. The van der Waals surface area contributed by atoms with Crippen LogP contribution >= 0.6 is 0 Å². The normalized spacial score (nSPS) is 18.1. The number of para-hydroxylation sites is 1. The average molecular weight is 684 g/mol. The monoisotopic (exact) mass is 683 g/mol. The predicted octanol–water partition coefficient (Wildman–Crippen LogP) is 7.86. The van der Waals surface area contributed by atoms with Gasteiger partial charge in [0.25, 0.3) is 5.91 Å². The topological polar surface area (TPSA) is 128 Å². The lowest BCUT2D eigenvalue weighted by Crippen LogP contribution is -2.61. The van der Waals surface area contributed by atoms with E-state index in [0.717, 1.165) is 32.8 Å². The number of anilines is 1. The lowest BCUT2D eigenvalue weighted by molar-refractivity contribution is -0.134. The third-order valence-electron chi connectivity index (χ3n) is 9.96. The molecule has 3 atom stereocenters. The number of nitrogens with zero attached hydrogens (tertiary/aromatic N) is 2. The zero-order valence-electron chi connectivity index (χ0n) is 27.8. The van der Waals surface area contributed by atoms with Crippen molar-refractivity contribution in [1.82, 2.24) is 0 Å². The second-order valence-corrected chi connectivity index (χ2v) is 12.7. The molecule has 1 unspecified atom stereocenters. The average Bonchev–Trinajstić information content (AvgIpc) is 3.18. The van der Waals surface area contributed by atoms with Crippen LogP contribution in [0.15, 0.2) is 148 Å². The van der Waals surface area contributed by atoms with E-state index in [4.69, 9.17) is 24.4 Å². The highest BCUT2D eigenvalue weighted by Crippen LogP contribution is 2.47. The van der Waals surface area contributed by atoms with E-state index in [2.05, 4.69) is 36.4 Å². The zero-order valence-corrected chi connectivity index (χ0v) is 27.8. The summed E-state index contributed by atoms with van der Waals surface area (Å²) in [7, 11) is 1.61. The van der Waals surface area contributed by atoms with Crippen LogP contribution in [0.3, 0.4) is 0 Å². The molecule has 2 N–H and O–H groups in total. The van der Waals surface area contributed by atoms with E-state index < -0.39 is 23.7 Å². The van der Waals surface area contributed by atoms with E-state index in [1.54, 1.807) is 60.5 Å². The number of β-lactam (4-membered cyclic amide) rings is 1. The number of benzene rings is 6. The van der Waals surface area contributed by atoms with Gasteiger partial charge >= 0.3 is 5.63 Å². The molecule has 9 heteroatoms. The summed E-state index contributed by atoms with van der Waals surface area (Å²) in [6.07, 6.45) is -0.852. The van der Waals surface area contributed by atoms with Crippen LogP contribution in [0, 0.1) is 11.3 Å². The Labute approximate surface area is 297 Å². The second-order valence-electron chi connectivity index (χ2n) is 12.7. The standard InChI is InChI=1S/C43H29N3O6/c1-49-28-20-16-27(17-21-28)46-38(36-30-10-4-2-8-25(30)22-26-9-3-5-11-31(26)36)40(42(46)47)50-29-18-14-24(15-19-29)35-33(23-44)41(45)52-39-32-12-6-7-13-34(32)51-43(48)37(35)39/h2-22,35,38,40H,45H2,1H3/t35?,38-,40+/m0/s1. The summed E-state index contributed by atoms with van der Waals surface area (Å²) in [6, 6.07) is 41.6. The molecule has 1 amide bonds. The van der Waals surface area contributed by atoms with E-state index in [1.165, 1.54) is 0 Å². The van der Waals surface area contributed by atoms with Gasteiger partial charge < -0.3 is 24.4 Å². The van der Waals surface area contributed by atoms with Crippen LogP contribution in [0.25, 0.3) is 32.5 Å². The van der Waals surface area contributed by atoms with Crippen LogP contribution in [0.5, 0.6) is 17.2 Å². The number of fused-ring (bicyclic) bond motifs is 5. The first-order valence-corrected chi connectivity index (χ1v) is 16.7. The molecule has 0 aliphatic carbocycles. The number of hydrogen-bond acceptors (Lipinski definition) is 8. The molecule has 0 bridgehead atoms. The van der Waals surface area contributed by atoms with Gasteiger partial charge in [-0.1, -0.05) is 72.8 Å². The van der Waals surface area contributed by atoms with Gasteiger partial charge in [-0.2, -0.15) is 5.26 Å². The van der Waals surface area contributed by atoms with Crippen LogP contribution < -0.4 is 30.5 Å². The first-order chi connectivity index (χ1) is 25.4. The number of amides is 1. The first-order valence-electron chi connectivity index (χ1n) is 16.7. The summed E-state index contributed by atoms with van der Waals surface area (Å²) in [5, 5.41) is 14.9. The summed E-state index contributed by atoms with van der Waals surface area (Å²) < 4.78 is 23.5. The maximum atomic E-state index is 14.1. The van der Waals surface area contributed by atoms with Crippen LogP contribution in [-0.2, 0) is 4.79 Å². The molecule has 52 heavy (non-hydrogen) atoms. The van der Waals surface area contributed by atoms with Crippen molar-refractivity contribution in [1.29, 1.82) is 5.26 Å². The third-order valence-corrected chi connectivity index (χ3v) is 9.96. The Hall–Kier alpha value is -7.05. The number of hydrogen-bond donors (Lipinski definition) is 1. The number of nitriles is 1. The minimum atomic E-state index is -0.852. The summed E-state index contributed by atoms with van der Waals surface area (Å²) in [4.78, 5) is 29.3. The van der Waals surface area contributed by atoms with Crippen molar-refractivity contribution in [2.24, 2.45) is 5.73 Å². The number of allylic oxidation sites excluding steroid dienone is 1. The van der Waals surface area contributed by atoms with E-state index in [-0.39, 0.29) is 28.7 Å². The van der Waals surface area contributed by atoms with E-state index in [0.29, 0.717) is 28.0 Å². The number of nitrogens with two attached hydrogens (primary N) is 1. The molecule has 2 aliphatic heterocycles. The van der Waals surface area contributed by atoms with Gasteiger partial charge in [-0.05, 0) is 87.3 Å². The highest BCUT2D eigenvalue weighted by molar-refractivity contribution is 6.10. The van der Waals surface area contributed by atoms with Crippen LogP contribution in [-0.4, -0.2) is 19.1 Å². The molecule has 6 aromatic carbocycles. The fourth-order valence-electron chi connectivity index (χ4n) is 7.54. The molecular formula is C43H29N3O6. The largest absolute Gasteiger partial charge is 0.497 e. The number of methoxy groups -OCH3 is 1. The van der Waals surface area contributed by atoms with E-state index in [1.807, 2.05) is 48.5 Å². The molecule has 1 aromatic heterocycles. The Morgan fingerprint density at radius 1 is 0.750 bits per heavy atom. The fraction of sp³-hybridized carbons (Fsp3) is 0.0930. The molecule has 1 saturated heterocycles. The molecule has 9 rings (SSSR count). The van der Waals surface area contributed by atoms with Gasteiger partial charge in [0.2, 0.25) is 12.0 Å². The minimum Gasteiger partial charge on any atom is -0.497 e. The van der Waals surface area contributed by atoms with Crippen molar-refractivity contribution in [2.75, 3.05) is 12.0 Å². The maximum absolute atomic E-state index is 14.1. The first kappa shape index (κ1) is 31.0. The molecule has 9 nitrogen and oxygen atoms in total. The molecule has 1 fully saturated rings. The third kappa shape index (κ3) is 4.76. The number of ether oxygens (including phenoxy) is 3. The van der Waals surface area contributed by atoms with Gasteiger partial charge in [0.1, 0.15) is 34.8 Å². The SMILES string of the molecule is COc1ccc(N2C(=O)[C@H](Oc3ccc(C4C(C#N)=C(N)Oc5c4c(=O)oc4ccccc54)cc3)[C@@H]2c2c3ccccc3cc3ccccc23)cc1. The van der Waals surface area contributed by atoms with Crippen molar-refractivity contribution in [3.63, 3.8) is 0 Å². The van der Waals surface area contributed by atoms with Crippen molar-refractivity contribution in [3.05, 3.63) is 166 Å². The Kier molecular flexibility index (Phi) is 7.19. The molecule has 0 radical (unpaired) electrons. The zero-order chi connectivity index (χ0) is 35.5. The molecule has 7 aromatic rings. The Morgan fingerprint density at radius 2 is 1.37 bits per heavy atom. The van der Waals surface area contributed by atoms with Gasteiger partial charge in [0.15, 0.2) is 5.75 Å². The number of carbonyl (C=O) groups is 1. The van der Waals surface area contributed by atoms with Gasteiger partial charge in [-0.3, -0.25) is 9.69 Å². The second kappa shape index (κ2) is 12.1. The smallest absolute Gasteiger partial charge is 0.344 e. The lowest BCUT2D eigenvalue weighted by atomic mass is 9.83. The molecule has 0 saturated carbocycles. The van der Waals surface area contributed by atoms with Gasteiger partial charge in [0.05, 0.1) is 24.0 Å². The van der Waals surface area contributed by atoms with Gasteiger partial charge in [0, 0.05) is 5.69 Å². The van der Waals surface area contributed by atoms with Gasteiger partial charge in [-0.25, -0.2) is 4.79 Å². The van der Waals surface area contributed by atoms with E-state index >= 15 is 0 Å². The number of carbonyl (C=O) groups excluding carboxylic acids is 1. The summed E-state index contributed by atoms with van der Waals surface area (Å²) in [5.74, 6) is 0.277. The van der Waals surface area contributed by atoms with E-state index in [9.17, 15) is 14.9 Å². The maximum Gasteiger partial charge on any atom is 0.344 e. The van der Waals surface area contributed by atoms with Crippen molar-refractivity contribution >= 4 is 44.1 Å².